The van der Waals surface area contributed by atoms with Crippen LogP contribution in [0.5, 0.6) is 0 Å². The third kappa shape index (κ3) is 4.52. The molecular formula is C18H17ClN4O3S2. The average Bonchev–Trinajstić information content (AvgIpc) is 2.66. The lowest BCUT2D eigenvalue weighted by Crippen LogP contribution is -2.38. The second kappa shape index (κ2) is 8.56. The largest absolute Gasteiger partial charge is 0.318 e. The number of fused-ring (bicyclic) bond motifs is 1. The zero-order chi connectivity index (χ0) is 20.3. The molecular weight excluding hydrogens is 420 g/mol. The zero-order valence-corrected chi connectivity index (χ0v) is 16.9. The Hall–Kier alpha value is -2.01. The molecule has 28 heavy (non-hydrogen) atoms. The summed E-state index contributed by atoms with van der Waals surface area (Å²) >= 11 is 6.87. The van der Waals surface area contributed by atoms with Crippen molar-refractivity contribution in [3.63, 3.8) is 0 Å². The molecule has 0 amide bonds. The van der Waals surface area contributed by atoms with Crippen LogP contribution >= 0.6 is 23.4 Å². The Morgan fingerprint density at radius 1 is 1.11 bits per heavy atom. The van der Waals surface area contributed by atoms with Crippen LogP contribution in [0.1, 0.15) is 15.9 Å². The molecule has 1 atom stereocenters. The first-order chi connectivity index (χ1) is 13.3. The minimum atomic E-state index is -4.00. The van der Waals surface area contributed by atoms with Crippen LogP contribution in [0.4, 0.5) is 0 Å². The van der Waals surface area contributed by atoms with Crippen LogP contribution in [0.25, 0.3) is 0 Å². The highest BCUT2D eigenvalue weighted by atomic mass is 35.5. The molecule has 1 aliphatic rings. The third-order valence-corrected chi connectivity index (χ3v) is 6.38. The van der Waals surface area contributed by atoms with Crippen molar-refractivity contribution in [2.24, 2.45) is 15.9 Å². The Kier molecular flexibility index (Phi) is 6.33. The number of thioether (sulfide) groups is 1. The molecule has 0 heterocycles. The highest BCUT2D eigenvalue weighted by molar-refractivity contribution is 8.04. The van der Waals surface area contributed by atoms with E-state index in [2.05, 4.69) is 9.71 Å². The van der Waals surface area contributed by atoms with Gasteiger partial charge in [-0.25, -0.2) is 0 Å². The van der Waals surface area contributed by atoms with Gasteiger partial charge in [-0.3, -0.25) is 10.1 Å². The molecule has 1 unspecified atom stereocenters. The monoisotopic (exact) mass is 436 g/mol. The van der Waals surface area contributed by atoms with Gasteiger partial charge in [-0.05, 0) is 30.3 Å². The van der Waals surface area contributed by atoms with Crippen molar-refractivity contribution in [2.45, 2.75) is 10.4 Å². The molecule has 0 aromatic heterocycles. The number of sulfonamides is 1. The van der Waals surface area contributed by atoms with Crippen LogP contribution in [0.3, 0.4) is 0 Å². The molecule has 0 aliphatic heterocycles. The van der Waals surface area contributed by atoms with E-state index in [9.17, 15) is 13.2 Å². The Morgan fingerprint density at radius 3 is 2.39 bits per heavy atom. The van der Waals surface area contributed by atoms with E-state index in [1.807, 2.05) is 0 Å². The van der Waals surface area contributed by atoms with E-state index in [0.717, 1.165) is 11.8 Å². The quantitative estimate of drug-likeness (QED) is 0.591. The van der Waals surface area contributed by atoms with Crippen molar-refractivity contribution in [3.8, 4) is 0 Å². The van der Waals surface area contributed by atoms with Crippen molar-refractivity contribution >= 4 is 44.9 Å². The first-order valence-electron chi connectivity index (χ1n) is 8.14. The van der Waals surface area contributed by atoms with E-state index in [1.54, 1.807) is 24.3 Å². The van der Waals surface area contributed by atoms with E-state index < -0.39 is 15.5 Å². The molecule has 10 heteroatoms. The maximum atomic E-state index is 12.8. The number of hydrogen-bond donors (Lipinski definition) is 3. The molecule has 2 aromatic carbocycles. The number of Topliss-reactive ketones (excluding diaryl/α,β-unsaturated/α-hetero) is 1. The number of nitrogens with two attached hydrogens (primary N) is 2. The van der Waals surface area contributed by atoms with Crippen molar-refractivity contribution in [1.29, 1.82) is 0 Å². The lowest BCUT2D eigenvalue weighted by molar-refractivity contribution is 0.104. The van der Waals surface area contributed by atoms with Gasteiger partial charge in [-0.2, -0.15) is 12.8 Å². The van der Waals surface area contributed by atoms with Crippen LogP contribution in [0.15, 0.2) is 68.8 Å². The smallest absolute Gasteiger partial charge is 0.282 e. The van der Waals surface area contributed by atoms with E-state index in [-0.39, 0.29) is 28.0 Å². The van der Waals surface area contributed by atoms with Gasteiger partial charge in [0.15, 0.2) is 5.78 Å². The molecule has 0 saturated carbocycles. The van der Waals surface area contributed by atoms with Crippen molar-refractivity contribution in [3.05, 3.63) is 75.7 Å². The van der Waals surface area contributed by atoms with Gasteiger partial charge in [-0.15, -0.1) is 0 Å². The molecule has 0 fully saturated rings. The number of rotatable bonds is 6. The number of allylic oxidation sites excluding steroid dienone is 2. The van der Waals surface area contributed by atoms with Gasteiger partial charge in [0.05, 0.1) is 15.5 Å². The Bertz CT molecular complexity index is 1070. The summed E-state index contributed by atoms with van der Waals surface area (Å²) in [6.07, 6.45) is 1.43. The minimum Gasteiger partial charge on any atom is -0.318 e. The molecule has 0 radical (unpaired) electrons. The highest BCUT2D eigenvalue weighted by Gasteiger charge is 2.27. The molecule has 0 bridgehead atoms. The lowest BCUT2D eigenvalue weighted by atomic mass is 9.94. The average molecular weight is 437 g/mol. The van der Waals surface area contributed by atoms with Crippen molar-refractivity contribution < 1.29 is 13.2 Å². The molecule has 146 valence electrons. The van der Waals surface area contributed by atoms with Gasteiger partial charge in [0.1, 0.15) is 5.50 Å². The molecule has 0 spiro atoms. The maximum absolute atomic E-state index is 12.8. The normalized spacial score (nSPS) is 16.6. The van der Waals surface area contributed by atoms with Gasteiger partial charge >= 0.3 is 0 Å². The Morgan fingerprint density at radius 2 is 1.75 bits per heavy atom. The van der Waals surface area contributed by atoms with Crippen LogP contribution < -0.4 is 16.8 Å². The SMILES string of the molecule is NCNC(N)SC1=C/C(=N/S(=O)(=O)c2ccc(Cl)cc2)c2ccccc2C1=O. The molecule has 2 aromatic rings. The lowest BCUT2D eigenvalue weighted by Gasteiger charge is -2.19. The van der Waals surface area contributed by atoms with Crippen LogP contribution in [-0.2, 0) is 10.0 Å². The summed E-state index contributed by atoms with van der Waals surface area (Å²) < 4.78 is 29.4. The topological polar surface area (TPSA) is 128 Å². The fourth-order valence-corrected chi connectivity index (χ4v) is 4.52. The Balaban J connectivity index is 2.08. The number of hydrogen-bond acceptors (Lipinski definition) is 7. The summed E-state index contributed by atoms with van der Waals surface area (Å²) in [5, 5.41) is 3.20. The molecule has 7 nitrogen and oxygen atoms in total. The van der Waals surface area contributed by atoms with Crippen LogP contribution in [0, 0.1) is 0 Å². The van der Waals surface area contributed by atoms with Gasteiger partial charge in [0, 0.05) is 22.8 Å². The first kappa shape index (κ1) is 20.7. The second-order valence-electron chi connectivity index (χ2n) is 5.74. The first-order valence-corrected chi connectivity index (χ1v) is 10.8. The minimum absolute atomic E-state index is 0.00267. The fourth-order valence-electron chi connectivity index (χ4n) is 2.55. The van der Waals surface area contributed by atoms with E-state index in [1.165, 1.54) is 30.3 Å². The third-order valence-electron chi connectivity index (χ3n) is 3.84. The van der Waals surface area contributed by atoms with Crippen LogP contribution in [-0.4, -0.2) is 32.1 Å². The van der Waals surface area contributed by atoms with Crippen LogP contribution in [0.2, 0.25) is 5.02 Å². The summed E-state index contributed by atoms with van der Waals surface area (Å²) in [7, 11) is -4.00. The predicted molar refractivity (Wildman–Crippen MR) is 112 cm³/mol. The van der Waals surface area contributed by atoms with Gasteiger partial charge in [0.25, 0.3) is 10.0 Å². The van der Waals surface area contributed by atoms with Gasteiger partial charge in [-0.1, -0.05) is 47.6 Å². The van der Waals surface area contributed by atoms with E-state index >= 15 is 0 Å². The number of benzene rings is 2. The molecule has 3 rings (SSSR count). The van der Waals surface area contributed by atoms with E-state index in [4.69, 9.17) is 23.1 Å². The summed E-state index contributed by atoms with van der Waals surface area (Å²) in [5.74, 6) is -0.252. The summed E-state index contributed by atoms with van der Waals surface area (Å²) in [5.41, 5.74) is 11.6. The highest BCUT2D eigenvalue weighted by Crippen LogP contribution is 2.30. The number of carbonyl (C=O) groups excluding carboxylic acids is 1. The molecule has 1 aliphatic carbocycles. The number of carbonyl (C=O) groups is 1. The van der Waals surface area contributed by atoms with Crippen molar-refractivity contribution in [1.82, 2.24) is 5.32 Å². The zero-order valence-electron chi connectivity index (χ0n) is 14.5. The number of nitrogens with one attached hydrogen (secondary N) is 1. The van der Waals surface area contributed by atoms with Gasteiger partial charge in [0.2, 0.25) is 0 Å². The standard InChI is InChI=1S/C18H17ClN4O3S2/c19-11-5-7-12(8-6-11)28(25,26)23-15-9-16(27-18(21)22-10-20)17(24)14-4-2-1-3-13(14)15/h1-9,18,22H,10,20-21H2/b23-15-. The number of nitrogens with zero attached hydrogens (tertiary/aromatic N) is 1. The molecule has 0 saturated heterocycles. The van der Waals surface area contributed by atoms with Gasteiger partial charge < -0.3 is 11.5 Å². The molecule has 5 N–H and O–H groups in total. The second-order valence-corrected chi connectivity index (χ2v) is 8.96. The maximum Gasteiger partial charge on any atom is 0.282 e. The summed E-state index contributed by atoms with van der Waals surface area (Å²) in [4.78, 5) is 13.0. The summed E-state index contributed by atoms with van der Waals surface area (Å²) in [6, 6.07) is 12.4. The van der Waals surface area contributed by atoms with E-state index in [0.29, 0.717) is 16.1 Å². The number of ketones is 1. The number of halogens is 1. The Labute approximate surface area is 171 Å². The summed E-state index contributed by atoms with van der Waals surface area (Å²) in [6.45, 7) is 0.137. The van der Waals surface area contributed by atoms with Crippen molar-refractivity contribution in [2.75, 3.05) is 6.67 Å². The predicted octanol–water partition coefficient (Wildman–Crippen LogP) is 2.08. The fraction of sp³-hybridized carbons (Fsp3) is 0.111.